The van der Waals surface area contributed by atoms with Gasteiger partial charge in [-0.15, -0.1) is 11.6 Å². The summed E-state index contributed by atoms with van der Waals surface area (Å²) in [5.41, 5.74) is 1.19. The first kappa shape index (κ1) is 10.8. The molecular formula is C10H9ClN4O. The maximum absolute atomic E-state index is 11.3. The average Bonchev–Trinajstić information content (AvgIpc) is 2.29. The maximum atomic E-state index is 11.3. The number of aryl methyl sites for hydroxylation is 1. The zero-order chi connectivity index (χ0) is 11.5. The predicted octanol–water partition coefficient (Wildman–Crippen LogP) is 1.27. The lowest BCUT2D eigenvalue weighted by Gasteiger charge is -2.00. The Morgan fingerprint density at radius 2 is 2.06 bits per heavy atom. The second-order valence-corrected chi connectivity index (χ2v) is 3.57. The number of rotatable bonds is 2. The molecule has 0 atom stereocenters. The lowest BCUT2D eigenvalue weighted by atomic mass is 10.4. The number of aromatic amines is 1. The van der Waals surface area contributed by atoms with Gasteiger partial charge in [0.1, 0.15) is 0 Å². The van der Waals surface area contributed by atoms with Gasteiger partial charge in [-0.1, -0.05) is 0 Å². The topological polar surface area (TPSA) is 71.5 Å². The fourth-order valence-corrected chi connectivity index (χ4v) is 1.33. The zero-order valence-electron chi connectivity index (χ0n) is 8.57. The van der Waals surface area contributed by atoms with Crippen LogP contribution in [0.1, 0.15) is 11.3 Å². The zero-order valence-corrected chi connectivity index (χ0v) is 9.32. The third kappa shape index (κ3) is 2.25. The summed E-state index contributed by atoms with van der Waals surface area (Å²) in [6, 6.07) is 1.35. The Kier molecular flexibility index (Phi) is 2.96. The summed E-state index contributed by atoms with van der Waals surface area (Å²) in [5.74, 6) is 0.904. The van der Waals surface area contributed by atoms with Crippen molar-refractivity contribution in [2.75, 3.05) is 0 Å². The van der Waals surface area contributed by atoms with Crippen molar-refractivity contribution in [1.29, 1.82) is 0 Å². The Morgan fingerprint density at radius 1 is 1.38 bits per heavy atom. The van der Waals surface area contributed by atoms with Crippen LogP contribution in [0.5, 0.6) is 0 Å². The van der Waals surface area contributed by atoms with Gasteiger partial charge in [0, 0.05) is 18.5 Å². The van der Waals surface area contributed by atoms with E-state index in [-0.39, 0.29) is 11.4 Å². The lowest BCUT2D eigenvalue weighted by molar-refractivity contribution is 1.01. The molecule has 0 aliphatic carbocycles. The van der Waals surface area contributed by atoms with E-state index < -0.39 is 0 Å². The van der Waals surface area contributed by atoms with Crippen LogP contribution in [-0.2, 0) is 5.88 Å². The van der Waals surface area contributed by atoms with Gasteiger partial charge in [-0.3, -0.25) is 4.79 Å². The fraction of sp³-hybridized carbons (Fsp3) is 0.200. The molecule has 0 saturated heterocycles. The number of H-pyrrole nitrogens is 1. The van der Waals surface area contributed by atoms with E-state index in [1.807, 2.05) is 6.92 Å². The van der Waals surface area contributed by atoms with E-state index in [4.69, 9.17) is 11.6 Å². The lowest BCUT2D eigenvalue weighted by Crippen LogP contribution is -2.10. The number of alkyl halides is 1. The molecule has 0 aliphatic rings. The maximum Gasteiger partial charge on any atom is 0.251 e. The van der Waals surface area contributed by atoms with Crippen LogP contribution in [-0.4, -0.2) is 19.9 Å². The highest BCUT2D eigenvalue weighted by Crippen LogP contribution is 2.07. The van der Waals surface area contributed by atoms with E-state index in [2.05, 4.69) is 19.9 Å². The number of nitrogens with one attached hydrogen (secondary N) is 1. The molecule has 16 heavy (non-hydrogen) atoms. The molecule has 0 bridgehead atoms. The second kappa shape index (κ2) is 4.40. The fourth-order valence-electron chi connectivity index (χ4n) is 1.20. The standard InChI is InChI=1S/C10H9ClN4O/c1-6-4-12-9(13-5-6)10-14-7(3-11)2-8(16)15-10/h2,4-5H,3H2,1H3,(H,14,15,16). The van der Waals surface area contributed by atoms with Gasteiger partial charge in [-0.2, -0.15) is 0 Å². The first-order valence-corrected chi connectivity index (χ1v) is 5.17. The third-order valence-corrected chi connectivity index (χ3v) is 2.20. The minimum atomic E-state index is -0.259. The summed E-state index contributed by atoms with van der Waals surface area (Å²) in [4.78, 5) is 26.2. The number of hydrogen-bond donors (Lipinski definition) is 1. The SMILES string of the molecule is Cc1cnc(-c2nc(CCl)cc(=O)[nH]2)nc1. The normalized spacial score (nSPS) is 10.4. The first-order valence-electron chi connectivity index (χ1n) is 4.64. The van der Waals surface area contributed by atoms with Crippen LogP contribution in [0, 0.1) is 6.92 Å². The van der Waals surface area contributed by atoms with Crippen molar-refractivity contribution in [1.82, 2.24) is 19.9 Å². The van der Waals surface area contributed by atoms with Crippen LogP contribution in [0.25, 0.3) is 11.6 Å². The summed E-state index contributed by atoms with van der Waals surface area (Å²) in [5, 5.41) is 0. The molecule has 0 aliphatic heterocycles. The van der Waals surface area contributed by atoms with E-state index >= 15 is 0 Å². The van der Waals surface area contributed by atoms with Crippen LogP contribution in [0.15, 0.2) is 23.3 Å². The summed E-state index contributed by atoms with van der Waals surface area (Å²) >= 11 is 5.63. The Bertz CT molecular complexity index is 549. The Balaban J connectivity index is 2.51. The van der Waals surface area contributed by atoms with Gasteiger partial charge in [0.15, 0.2) is 11.6 Å². The molecule has 0 unspecified atom stereocenters. The van der Waals surface area contributed by atoms with Crippen molar-refractivity contribution in [2.45, 2.75) is 12.8 Å². The number of hydrogen-bond acceptors (Lipinski definition) is 4. The molecule has 0 aromatic carbocycles. The summed E-state index contributed by atoms with van der Waals surface area (Å²) in [7, 11) is 0. The van der Waals surface area contributed by atoms with Gasteiger partial charge < -0.3 is 4.98 Å². The molecule has 6 heteroatoms. The second-order valence-electron chi connectivity index (χ2n) is 3.30. The van der Waals surface area contributed by atoms with Crippen LogP contribution in [0.4, 0.5) is 0 Å². The van der Waals surface area contributed by atoms with Crippen molar-refractivity contribution < 1.29 is 0 Å². The summed E-state index contributed by atoms with van der Waals surface area (Å²) in [6.45, 7) is 1.88. The molecule has 0 fully saturated rings. The molecule has 1 N–H and O–H groups in total. The number of aromatic nitrogens is 4. The molecule has 2 rings (SSSR count). The minimum Gasteiger partial charge on any atom is -0.304 e. The van der Waals surface area contributed by atoms with Crippen molar-refractivity contribution in [3.8, 4) is 11.6 Å². The Hall–Kier alpha value is -1.75. The van der Waals surface area contributed by atoms with Gasteiger partial charge in [0.05, 0.1) is 11.6 Å². The molecule has 0 spiro atoms. The molecule has 5 nitrogen and oxygen atoms in total. The monoisotopic (exact) mass is 236 g/mol. The average molecular weight is 237 g/mol. The van der Waals surface area contributed by atoms with Crippen LogP contribution in [0.2, 0.25) is 0 Å². The largest absolute Gasteiger partial charge is 0.304 e. The van der Waals surface area contributed by atoms with Gasteiger partial charge in [-0.25, -0.2) is 15.0 Å². The van der Waals surface area contributed by atoms with E-state index in [1.54, 1.807) is 12.4 Å². The molecule has 2 heterocycles. The van der Waals surface area contributed by atoms with Gasteiger partial charge in [-0.05, 0) is 12.5 Å². The first-order chi connectivity index (χ1) is 7.69. The van der Waals surface area contributed by atoms with E-state index in [0.717, 1.165) is 5.56 Å². The quantitative estimate of drug-likeness (QED) is 0.798. The molecule has 2 aromatic rings. The van der Waals surface area contributed by atoms with Gasteiger partial charge in [0.25, 0.3) is 5.56 Å². The van der Waals surface area contributed by atoms with Gasteiger partial charge >= 0.3 is 0 Å². The molecule has 2 aromatic heterocycles. The van der Waals surface area contributed by atoms with Gasteiger partial charge in [0.2, 0.25) is 0 Å². The molecule has 82 valence electrons. The molecule has 0 radical (unpaired) electrons. The van der Waals surface area contributed by atoms with Crippen molar-refractivity contribution in [3.05, 3.63) is 40.1 Å². The highest BCUT2D eigenvalue weighted by atomic mass is 35.5. The highest BCUT2D eigenvalue weighted by molar-refractivity contribution is 6.16. The van der Waals surface area contributed by atoms with E-state index in [9.17, 15) is 4.79 Å². The molecule has 0 saturated carbocycles. The predicted molar refractivity (Wildman–Crippen MR) is 60.2 cm³/mol. The Morgan fingerprint density at radius 3 is 2.69 bits per heavy atom. The minimum absolute atomic E-state index is 0.183. The number of halogens is 1. The van der Waals surface area contributed by atoms with Crippen molar-refractivity contribution in [2.24, 2.45) is 0 Å². The van der Waals surface area contributed by atoms with Crippen LogP contribution >= 0.6 is 11.6 Å². The Labute approximate surface area is 96.6 Å². The van der Waals surface area contributed by atoms with Crippen molar-refractivity contribution in [3.63, 3.8) is 0 Å². The van der Waals surface area contributed by atoms with E-state index in [0.29, 0.717) is 17.3 Å². The van der Waals surface area contributed by atoms with Crippen LogP contribution < -0.4 is 5.56 Å². The van der Waals surface area contributed by atoms with Crippen LogP contribution in [0.3, 0.4) is 0 Å². The number of nitrogens with zero attached hydrogens (tertiary/aromatic N) is 3. The smallest absolute Gasteiger partial charge is 0.251 e. The highest BCUT2D eigenvalue weighted by Gasteiger charge is 2.05. The summed E-state index contributed by atoms with van der Waals surface area (Å²) in [6.07, 6.45) is 3.32. The van der Waals surface area contributed by atoms with E-state index in [1.165, 1.54) is 6.07 Å². The molecular weight excluding hydrogens is 228 g/mol. The third-order valence-electron chi connectivity index (χ3n) is 1.92. The summed E-state index contributed by atoms with van der Waals surface area (Å²) < 4.78 is 0. The van der Waals surface area contributed by atoms with Crippen molar-refractivity contribution >= 4 is 11.6 Å². The molecule has 0 amide bonds.